The summed E-state index contributed by atoms with van der Waals surface area (Å²) in [5.41, 5.74) is 2.65. The second-order valence-corrected chi connectivity index (χ2v) is 6.91. The van der Waals surface area contributed by atoms with Crippen molar-refractivity contribution in [3.05, 3.63) is 35.4 Å². The Morgan fingerprint density at radius 2 is 2.10 bits per heavy atom. The van der Waals surface area contributed by atoms with Crippen molar-refractivity contribution in [3.63, 3.8) is 0 Å². The van der Waals surface area contributed by atoms with Crippen LogP contribution in [-0.4, -0.2) is 48.8 Å². The van der Waals surface area contributed by atoms with Crippen molar-refractivity contribution < 1.29 is 9.47 Å². The van der Waals surface area contributed by atoms with Gasteiger partial charge in [-0.15, -0.1) is 0 Å². The molecule has 3 rings (SSSR count). The molecule has 0 radical (unpaired) electrons. The van der Waals surface area contributed by atoms with Gasteiger partial charge < -0.3 is 9.47 Å². The van der Waals surface area contributed by atoms with Crippen molar-refractivity contribution in [2.75, 3.05) is 32.6 Å². The minimum absolute atomic E-state index is 0.672. The third-order valence-electron chi connectivity index (χ3n) is 4.17. The summed E-state index contributed by atoms with van der Waals surface area (Å²) in [5, 5.41) is 0.672. The largest absolute Gasteiger partial charge is 0.380 e. The molecule has 2 saturated heterocycles. The van der Waals surface area contributed by atoms with Crippen LogP contribution in [0, 0.1) is 0 Å². The molecule has 0 bridgehead atoms. The Hall–Kier alpha value is -0.550. The Balaban J connectivity index is 1.63. The normalized spacial score (nSPS) is 27.2. The zero-order chi connectivity index (χ0) is 13.8. The van der Waals surface area contributed by atoms with Crippen molar-refractivity contribution in [1.82, 2.24) is 4.90 Å². The van der Waals surface area contributed by atoms with Gasteiger partial charge in [0.15, 0.2) is 0 Å². The minimum Gasteiger partial charge on any atom is -0.380 e. The molecular formula is C16H23NO2S. The van der Waals surface area contributed by atoms with Gasteiger partial charge in [-0.3, -0.25) is 4.90 Å². The second-order valence-electron chi connectivity index (χ2n) is 5.56. The van der Waals surface area contributed by atoms with E-state index in [0.717, 1.165) is 19.8 Å². The molecule has 20 heavy (non-hydrogen) atoms. The molecule has 1 aromatic carbocycles. The lowest BCUT2D eigenvalue weighted by atomic mass is 10.0. The smallest absolute Gasteiger partial charge is 0.0713 e. The highest BCUT2D eigenvalue weighted by Gasteiger charge is 2.34. The quantitative estimate of drug-likeness (QED) is 0.850. The number of benzene rings is 1. The van der Waals surface area contributed by atoms with E-state index in [9.17, 15) is 0 Å². The molecule has 3 nitrogen and oxygen atoms in total. The standard InChI is InChI=1S/C16H23NO2S/c1-18-11-14-4-2-13(3-5-14)10-17-7-9-20-16-12-19-8-6-15(16)17/h2-5,15-16H,6-12H2,1H3. The SMILES string of the molecule is COCc1ccc(CN2CCSC3COCCC32)cc1. The zero-order valence-electron chi connectivity index (χ0n) is 12.1. The van der Waals surface area contributed by atoms with Crippen LogP contribution >= 0.6 is 11.8 Å². The molecule has 2 aliphatic rings. The zero-order valence-corrected chi connectivity index (χ0v) is 12.9. The maximum atomic E-state index is 5.62. The molecule has 4 heteroatoms. The Morgan fingerprint density at radius 3 is 2.90 bits per heavy atom. The highest BCUT2D eigenvalue weighted by Crippen LogP contribution is 2.31. The number of nitrogens with zero attached hydrogens (tertiary/aromatic N) is 1. The first-order valence-electron chi connectivity index (χ1n) is 7.37. The fourth-order valence-corrected chi connectivity index (χ4v) is 4.47. The molecule has 2 fully saturated rings. The number of thioether (sulfide) groups is 1. The summed E-state index contributed by atoms with van der Waals surface area (Å²) in [5.74, 6) is 1.23. The fraction of sp³-hybridized carbons (Fsp3) is 0.625. The Labute approximate surface area is 125 Å². The van der Waals surface area contributed by atoms with Crippen LogP contribution in [0.5, 0.6) is 0 Å². The van der Waals surface area contributed by atoms with Crippen LogP contribution in [0.1, 0.15) is 17.5 Å². The first-order chi connectivity index (χ1) is 9.86. The summed E-state index contributed by atoms with van der Waals surface area (Å²) < 4.78 is 10.8. The Bertz CT molecular complexity index is 421. The van der Waals surface area contributed by atoms with Gasteiger partial charge in [-0.2, -0.15) is 11.8 Å². The van der Waals surface area contributed by atoms with E-state index in [1.165, 1.54) is 29.8 Å². The highest BCUT2D eigenvalue weighted by atomic mass is 32.2. The first-order valence-corrected chi connectivity index (χ1v) is 8.42. The van der Waals surface area contributed by atoms with Gasteiger partial charge in [0.2, 0.25) is 0 Å². The van der Waals surface area contributed by atoms with Crippen LogP contribution in [0.4, 0.5) is 0 Å². The molecule has 2 aliphatic heterocycles. The number of hydrogen-bond acceptors (Lipinski definition) is 4. The van der Waals surface area contributed by atoms with E-state index in [4.69, 9.17) is 9.47 Å². The molecule has 0 N–H and O–H groups in total. The number of methoxy groups -OCH3 is 1. The van der Waals surface area contributed by atoms with Gasteiger partial charge in [0.25, 0.3) is 0 Å². The molecule has 0 spiro atoms. The molecule has 2 atom stereocenters. The van der Waals surface area contributed by atoms with Crippen LogP contribution < -0.4 is 0 Å². The van der Waals surface area contributed by atoms with E-state index in [1.54, 1.807) is 7.11 Å². The summed E-state index contributed by atoms with van der Waals surface area (Å²) in [6.07, 6.45) is 1.18. The summed E-state index contributed by atoms with van der Waals surface area (Å²) in [4.78, 5) is 2.65. The fourth-order valence-electron chi connectivity index (χ4n) is 3.10. The number of rotatable bonds is 4. The third-order valence-corrected chi connectivity index (χ3v) is 5.46. The summed E-state index contributed by atoms with van der Waals surface area (Å²) in [6, 6.07) is 9.54. The van der Waals surface area contributed by atoms with Crippen LogP contribution in [0.15, 0.2) is 24.3 Å². The highest BCUT2D eigenvalue weighted by molar-refractivity contribution is 8.00. The molecular weight excluding hydrogens is 270 g/mol. The van der Waals surface area contributed by atoms with Crippen molar-refractivity contribution in [3.8, 4) is 0 Å². The van der Waals surface area contributed by atoms with E-state index in [0.29, 0.717) is 17.9 Å². The summed E-state index contributed by atoms with van der Waals surface area (Å²) in [6.45, 7) is 4.81. The molecule has 1 aromatic rings. The van der Waals surface area contributed by atoms with Crippen molar-refractivity contribution in [2.24, 2.45) is 0 Å². The molecule has 2 unspecified atom stereocenters. The van der Waals surface area contributed by atoms with E-state index in [-0.39, 0.29) is 0 Å². The number of ether oxygens (including phenoxy) is 2. The van der Waals surface area contributed by atoms with Crippen molar-refractivity contribution in [2.45, 2.75) is 30.9 Å². The summed E-state index contributed by atoms with van der Waals surface area (Å²) in [7, 11) is 1.74. The monoisotopic (exact) mass is 293 g/mol. The van der Waals surface area contributed by atoms with Gasteiger partial charge in [-0.1, -0.05) is 24.3 Å². The number of hydrogen-bond donors (Lipinski definition) is 0. The Morgan fingerprint density at radius 1 is 1.30 bits per heavy atom. The maximum Gasteiger partial charge on any atom is 0.0713 e. The summed E-state index contributed by atoms with van der Waals surface area (Å²) >= 11 is 2.09. The molecule has 0 aliphatic carbocycles. The molecule has 2 heterocycles. The van der Waals surface area contributed by atoms with Crippen LogP contribution in [0.2, 0.25) is 0 Å². The second kappa shape index (κ2) is 6.94. The topological polar surface area (TPSA) is 21.7 Å². The predicted octanol–water partition coefficient (Wildman–Crippen LogP) is 2.54. The van der Waals surface area contributed by atoms with E-state index in [2.05, 4.69) is 40.9 Å². The average Bonchev–Trinajstić information content (AvgIpc) is 2.50. The third kappa shape index (κ3) is 3.37. The lowest BCUT2D eigenvalue weighted by Gasteiger charge is -2.43. The van der Waals surface area contributed by atoms with Gasteiger partial charge in [-0.25, -0.2) is 0 Å². The predicted molar refractivity (Wildman–Crippen MR) is 83.0 cm³/mol. The van der Waals surface area contributed by atoms with Gasteiger partial charge in [0.1, 0.15) is 0 Å². The van der Waals surface area contributed by atoms with Crippen LogP contribution in [0.3, 0.4) is 0 Å². The van der Waals surface area contributed by atoms with Gasteiger partial charge in [0.05, 0.1) is 13.2 Å². The van der Waals surface area contributed by atoms with Crippen LogP contribution in [0.25, 0.3) is 0 Å². The Kier molecular flexibility index (Phi) is 4.99. The van der Waals surface area contributed by atoms with Gasteiger partial charge in [-0.05, 0) is 17.5 Å². The van der Waals surface area contributed by atoms with Gasteiger partial charge >= 0.3 is 0 Å². The molecule has 110 valence electrons. The van der Waals surface area contributed by atoms with Crippen molar-refractivity contribution in [1.29, 1.82) is 0 Å². The average molecular weight is 293 g/mol. The van der Waals surface area contributed by atoms with Gasteiger partial charge in [0, 0.05) is 43.9 Å². The number of fused-ring (bicyclic) bond motifs is 1. The van der Waals surface area contributed by atoms with E-state index < -0.39 is 0 Å². The maximum absolute atomic E-state index is 5.62. The first kappa shape index (κ1) is 14.4. The lowest BCUT2D eigenvalue weighted by molar-refractivity contribution is 0.0351. The molecule has 0 aromatic heterocycles. The lowest BCUT2D eigenvalue weighted by Crippen LogP contribution is -2.51. The molecule has 0 saturated carbocycles. The van der Waals surface area contributed by atoms with Crippen LogP contribution in [-0.2, 0) is 22.6 Å². The minimum atomic E-state index is 0.672. The van der Waals surface area contributed by atoms with Crippen molar-refractivity contribution >= 4 is 11.8 Å². The van der Waals surface area contributed by atoms with E-state index >= 15 is 0 Å². The van der Waals surface area contributed by atoms with E-state index in [1.807, 2.05) is 0 Å². The molecule has 0 amide bonds.